The number of ketones is 1. The molecule has 2 rings (SSSR count). The van der Waals surface area contributed by atoms with Crippen molar-refractivity contribution in [2.24, 2.45) is 0 Å². The van der Waals surface area contributed by atoms with Gasteiger partial charge in [0.05, 0.1) is 11.1 Å². The fraction of sp³-hybridized carbons (Fsp3) is 0.333. The van der Waals surface area contributed by atoms with Crippen LogP contribution in [0, 0.1) is 0 Å². The van der Waals surface area contributed by atoms with E-state index in [-0.39, 0.29) is 12.1 Å². The number of benzene rings is 2. The molecule has 0 bridgehead atoms. The minimum atomic E-state index is -5.36. The van der Waals surface area contributed by atoms with E-state index in [9.17, 15) is 66.7 Å². The zero-order valence-electron chi connectivity index (χ0n) is 19.8. The molecule has 0 fully saturated rings. The molecule has 0 spiro atoms. The molecule has 1 N–H and O–H groups in total. The van der Waals surface area contributed by atoms with Gasteiger partial charge in [0, 0.05) is 28.4 Å². The van der Waals surface area contributed by atoms with Gasteiger partial charge >= 0.3 is 24.7 Å². The summed E-state index contributed by atoms with van der Waals surface area (Å²) in [5.41, 5.74) is -6.22. The normalized spacial score (nSPS) is 14.1. The number of halogens is 14. The third-order valence-electron chi connectivity index (χ3n) is 5.29. The number of Topliss-reactive ketones (excluding diaryl/α,β-unsaturated/α-hetero) is 1. The molecule has 0 aromatic heterocycles. The summed E-state index contributed by atoms with van der Waals surface area (Å²) in [6.07, 6.45) is -22.5. The van der Waals surface area contributed by atoms with E-state index in [2.05, 4.69) is 15.9 Å². The molecule has 0 aliphatic carbocycles. The number of nitrogens with one attached hydrogen (secondary N) is 1. The molecule has 2 aromatic rings. The number of amides is 1. The monoisotopic (exact) mass is 675 g/mol. The van der Waals surface area contributed by atoms with E-state index in [0.29, 0.717) is 30.3 Å². The zero-order valence-corrected chi connectivity index (χ0v) is 21.4. The van der Waals surface area contributed by atoms with Gasteiger partial charge in [-0.1, -0.05) is 34.1 Å². The first-order chi connectivity index (χ1) is 18.5. The summed E-state index contributed by atoms with van der Waals surface area (Å²) in [5, 5.41) is 1.41. The molecule has 1 amide bonds. The second-order valence-corrected chi connectivity index (χ2v) is 9.20. The van der Waals surface area contributed by atoms with Crippen LogP contribution in [0.15, 0.2) is 46.9 Å². The number of allylic oxidation sites excluding steroid dienone is 1. The van der Waals surface area contributed by atoms with Crippen molar-refractivity contribution >= 4 is 33.4 Å². The van der Waals surface area contributed by atoms with Gasteiger partial charge in [-0.05, 0) is 29.8 Å². The molecule has 2 aromatic carbocycles. The summed E-state index contributed by atoms with van der Waals surface area (Å²) in [4.78, 5) is 23.7. The van der Waals surface area contributed by atoms with Crippen LogP contribution >= 0.6 is 15.9 Å². The lowest BCUT2D eigenvalue weighted by molar-refractivity contribution is -0.140. The van der Waals surface area contributed by atoms with Gasteiger partial charge < -0.3 is 5.32 Å². The van der Waals surface area contributed by atoms with Crippen LogP contribution in [0.1, 0.15) is 51.4 Å². The van der Waals surface area contributed by atoms with E-state index in [4.69, 9.17) is 0 Å². The fourth-order valence-electron chi connectivity index (χ4n) is 3.40. The minimum absolute atomic E-state index is 0.0128. The van der Waals surface area contributed by atoms with Crippen molar-refractivity contribution in [2.45, 2.75) is 43.5 Å². The topological polar surface area (TPSA) is 46.2 Å². The maximum absolute atomic E-state index is 14.9. The van der Waals surface area contributed by atoms with Crippen LogP contribution in [-0.2, 0) is 17.1 Å². The maximum Gasteiger partial charge on any atom is 0.417 e. The van der Waals surface area contributed by atoms with Crippen molar-refractivity contribution in [1.82, 2.24) is 5.32 Å². The summed E-state index contributed by atoms with van der Waals surface area (Å²) in [7, 11) is 0. The van der Waals surface area contributed by atoms with E-state index in [1.807, 2.05) is 0 Å². The Morgan fingerprint density at radius 1 is 0.805 bits per heavy atom. The lowest BCUT2D eigenvalue weighted by atomic mass is 9.94. The van der Waals surface area contributed by atoms with Crippen LogP contribution in [0.4, 0.5) is 57.1 Å². The van der Waals surface area contributed by atoms with Gasteiger partial charge in [-0.3, -0.25) is 9.59 Å². The van der Waals surface area contributed by atoms with Gasteiger partial charge in [-0.15, -0.1) is 0 Å². The third kappa shape index (κ3) is 9.74. The predicted molar refractivity (Wildman–Crippen MR) is 121 cm³/mol. The first-order valence-corrected chi connectivity index (χ1v) is 11.7. The van der Waals surface area contributed by atoms with E-state index in [1.54, 1.807) is 0 Å². The average Bonchev–Trinajstić information content (AvgIpc) is 2.81. The maximum atomic E-state index is 14.9. The molecule has 3 nitrogen and oxygen atoms in total. The van der Waals surface area contributed by atoms with Crippen molar-refractivity contribution in [1.29, 1.82) is 0 Å². The van der Waals surface area contributed by atoms with Crippen LogP contribution in [-0.4, -0.2) is 30.6 Å². The highest BCUT2D eigenvalue weighted by molar-refractivity contribution is 9.10. The molecular weight excluding hydrogens is 661 g/mol. The smallest absolute Gasteiger partial charge is 0.347 e. The first kappa shape index (κ1) is 34.1. The molecule has 0 radical (unpaired) electrons. The van der Waals surface area contributed by atoms with Gasteiger partial charge in [0.15, 0.2) is 5.78 Å². The van der Waals surface area contributed by atoms with Gasteiger partial charge in [0.25, 0.3) is 0 Å². The quantitative estimate of drug-likeness (QED) is 0.225. The lowest BCUT2D eigenvalue weighted by Crippen LogP contribution is -2.33. The minimum Gasteiger partial charge on any atom is -0.347 e. The average molecular weight is 676 g/mol. The van der Waals surface area contributed by atoms with E-state index in [1.165, 1.54) is 5.32 Å². The molecule has 0 aliphatic heterocycles. The van der Waals surface area contributed by atoms with Crippen molar-refractivity contribution in [3.05, 3.63) is 74.8 Å². The van der Waals surface area contributed by atoms with Crippen LogP contribution in [0.5, 0.6) is 0 Å². The predicted octanol–water partition coefficient (Wildman–Crippen LogP) is 8.78. The summed E-state index contributed by atoms with van der Waals surface area (Å²) < 4.78 is 171. The molecule has 17 heteroatoms. The molecule has 41 heavy (non-hydrogen) atoms. The van der Waals surface area contributed by atoms with Crippen LogP contribution in [0.2, 0.25) is 0 Å². The highest BCUT2D eigenvalue weighted by Gasteiger charge is 2.42. The van der Waals surface area contributed by atoms with E-state index in [0.717, 1.165) is 0 Å². The number of hydrogen-bond donors (Lipinski definition) is 1. The molecule has 0 saturated carbocycles. The van der Waals surface area contributed by atoms with Gasteiger partial charge in [0.2, 0.25) is 5.91 Å². The van der Waals surface area contributed by atoms with Gasteiger partial charge in [-0.25, -0.2) is 4.39 Å². The van der Waals surface area contributed by atoms with Gasteiger partial charge in [0.1, 0.15) is 18.3 Å². The first-order valence-electron chi connectivity index (χ1n) is 10.9. The summed E-state index contributed by atoms with van der Waals surface area (Å²) >= 11 is 2.49. The fourth-order valence-corrected chi connectivity index (χ4v) is 4.02. The molecule has 0 aliphatic rings. The highest BCUT2D eigenvalue weighted by atomic mass is 79.9. The Balaban J connectivity index is 2.42. The Morgan fingerprint density at radius 3 is 1.88 bits per heavy atom. The molecule has 226 valence electrons. The van der Waals surface area contributed by atoms with Crippen molar-refractivity contribution in [2.75, 3.05) is 6.54 Å². The van der Waals surface area contributed by atoms with E-state index < -0.39 is 99.8 Å². The molecule has 1 atom stereocenters. The highest BCUT2D eigenvalue weighted by Crippen LogP contribution is 2.42. The Bertz CT molecular complexity index is 1310. The van der Waals surface area contributed by atoms with Crippen LogP contribution < -0.4 is 5.32 Å². The zero-order chi connectivity index (χ0) is 31.6. The van der Waals surface area contributed by atoms with E-state index >= 15 is 0 Å². The number of rotatable bonds is 8. The summed E-state index contributed by atoms with van der Waals surface area (Å²) in [6.45, 7) is -1.75. The molecular formula is C24H15BrF13NO2. The second kappa shape index (κ2) is 12.4. The van der Waals surface area contributed by atoms with Crippen molar-refractivity contribution in [3.63, 3.8) is 0 Å². The Hall–Kier alpha value is -3.11. The number of hydrogen-bond acceptors (Lipinski definition) is 2. The van der Waals surface area contributed by atoms with Crippen molar-refractivity contribution < 1.29 is 66.7 Å². The molecule has 0 heterocycles. The second-order valence-electron chi connectivity index (χ2n) is 8.34. The summed E-state index contributed by atoms with van der Waals surface area (Å²) in [5.74, 6) is -7.44. The SMILES string of the molecule is O=C(CCC(=O)c1ccc(/C(F)=C/C(c2ccc(C(F)(F)F)c(Br)c2)C(F)(F)F)cc1C(F)(F)F)NCC(F)(F)F. The van der Waals surface area contributed by atoms with Gasteiger partial charge in [-0.2, -0.15) is 52.7 Å². The largest absolute Gasteiger partial charge is 0.417 e. The number of carbonyl (C=O) groups is 2. The lowest BCUT2D eigenvalue weighted by Gasteiger charge is -2.20. The third-order valence-corrected chi connectivity index (χ3v) is 5.95. The number of carbonyl (C=O) groups excluding carboxylic acids is 2. The Morgan fingerprint density at radius 2 is 1.39 bits per heavy atom. The molecule has 0 saturated heterocycles. The molecule has 1 unspecified atom stereocenters. The standard InChI is InChI=1S/C24H15BrF13NO2/c25-17-8-11(2-4-14(17)22(30,31)32)15(23(33,34)35)9-18(26)12-1-3-13(16(7-12)24(36,37)38)19(40)5-6-20(41)39-10-21(27,28)29/h1-4,7-9,15H,5-6,10H2,(H,39,41)/b18-9-. The summed E-state index contributed by atoms with van der Waals surface area (Å²) in [6, 6.07) is 2.10. The van der Waals surface area contributed by atoms with Crippen LogP contribution in [0.25, 0.3) is 5.83 Å². The Labute approximate surface area is 230 Å². The van der Waals surface area contributed by atoms with Crippen molar-refractivity contribution in [3.8, 4) is 0 Å². The van der Waals surface area contributed by atoms with Crippen LogP contribution in [0.3, 0.4) is 0 Å². The number of alkyl halides is 12. The Kier molecular flexibility index (Phi) is 10.3.